The third-order valence-corrected chi connectivity index (χ3v) is 4.77. The van der Waals surface area contributed by atoms with Crippen LogP contribution in [0.1, 0.15) is 31.2 Å². The molecule has 1 aromatic rings. The Labute approximate surface area is 127 Å². The van der Waals surface area contributed by atoms with Crippen LogP contribution in [-0.4, -0.2) is 24.1 Å². The normalized spacial score (nSPS) is 22.6. The van der Waals surface area contributed by atoms with Gasteiger partial charge in [-0.2, -0.15) is 0 Å². The molecule has 110 valence electrons. The second kappa shape index (κ2) is 6.10. The number of rotatable bonds is 3. The predicted octanol–water partition coefficient (Wildman–Crippen LogP) is 3.37. The monoisotopic (exact) mass is 341 g/mol. The molecule has 20 heavy (non-hydrogen) atoms. The van der Waals surface area contributed by atoms with E-state index in [9.17, 15) is 10.1 Å². The number of halogens is 1. The van der Waals surface area contributed by atoms with E-state index >= 15 is 0 Å². The van der Waals surface area contributed by atoms with Crippen molar-refractivity contribution in [3.05, 3.63) is 32.3 Å². The first-order valence-electron chi connectivity index (χ1n) is 6.83. The Bertz CT molecular complexity index is 513. The SMILES string of the molecule is Cc1cc(N(C)C2CCC(N)CC2)c(Br)cc1[N+](=O)[O-]. The van der Waals surface area contributed by atoms with E-state index in [1.807, 2.05) is 13.1 Å². The van der Waals surface area contributed by atoms with E-state index in [-0.39, 0.29) is 10.6 Å². The maximum absolute atomic E-state index is 11.0. The molecule has 0 aromatic heterocycles. The van der Waals surface area contributed by atoms with Crippen molar-refractivity contribution in [3.63, 3.8) is 0 Å². The summed E-state index contributed by atoms with van der Waals surface area (Å²) in [6.45, 7) is 1.78. The first kappa shape index (κ1) is 15.3. The van der Waals surface area contributed by atoms with Crippen molar-refractivity contribution in [2.45, 2.75) is 44.7 Å². The molecule has 0 amide bonds. The van der Waals surface area contributed by atoms with Crippen LogP contribution < -0.4 is 10.6 Å². The lowest BCUT2D eigenvalue weighted by molar-refractivity contribution is -0.385. The van der Waals surface area contributed by atoms with Gasteiger partial charge in [-0.3, -0.25) is 10.1 Å². The van der Waals surface area contributed by atoms with Gasteiger partial charge < -0.3 is 10.6 Å². The van der Waals surface area contributed by atoms with E-state index in [1.54, 1.807) is 13.0 Å². The average molecular weight is 342 g/mol. The van der Waals surface area contributed by atoms with Crippen LogP contribution in [0.5, 0.6) is 0 Å². The van der Waals surface area contributed by atoms with Gasteiger partial charge in [0, 0.05) is 35.2 Å². The number of hydrogen-bond donors (Lipinski definition) is 1. The number of aryl methyl sites for hydroxylation is 1. The van der Waals surface area contributed by atoms with Gasteiger partial charge in [-0.1, -0.05) is 0 Å². The van der Waals surface area contributed by atoms with Crippen LogP contribution in [0.2, 0.25) is 0 Å². The van der Waals surface area contributed by atoms with Crippen molar-refractivity contribution < 1.29 is 4.92 Å². The lowest BCUT2D eigenvalue weighted by Gasteiger charge is -2.35. The van der Waals surface area contributed by atoms with Gasteiger partial charge in [0.05, 0.1) is 10.6 Å². The zero-order valence-corrected chi connectivity index (χ0v) is 13.4. The van der Waals surface area contributed by atoms with Crippen molar-refractivity contribution in [1.82, 2.24) is 0 Å². The Morgan fingerprint density at radius 3 is 2.50 bits per heavy atom. The summed E-state index contributed by atoms with van der Waals surface area (Å²) in [6.07, 6.45) is 4.22. The van der Waals surface area contributed by atoms with Gasteiger partial charge in [0.2, 0.25) is 0 Å². The standard InChI is InChI=1S/C14H20BrN3O2/c1-9-7-14(12(15)8-13(9)18(19)20)17(2)11-5-3-10(16)4-6-11/h7-8,10-11H,3-6,16H2,1-2H3. The zero-order valence-electron chi connectivity index (χ0n) is 11.8. The lowest BCUT2D eigenvalue weighted by atomic mass is 9.90. The van der Waals surface area contributed by atoms with E-state index < -0.39 is 0 Å². The van der Waals surface area contributed by atoms with Gasteiger partial charge in [0.25, 0.3) is 5.69 Å². The number of nitrogens with zero attached hydrogens (tertiary/aromatic N) is 2. The molecule has 0 radical (unpaired) electrons. The van der Waals surface area contributed by atoms with Gasteiger partial charge in [-0.15, -0.1) is 0 Å². The number of nitro groups is 1. The minimum absolute atomic E-state index is 0.152. The molecule has 0 aliphatic heterocycles. The molecule has 1 aliphatic carbocycles. The molecule has 6 heteroatoms. The van der Waals surface area contributed by atoms with Gasteiger partial charge >= 0.3 is 0 Å². The summed E-state index contributed by atoms with van der Waals surface area (Å²) < 4.78 is 0.771. The highest BCUT2D eigenvalue weighted by Gasteiger charge is 2.24. The molecule has 5 nitrogen and oxygen atoms in total. The Morgan fingerprint density at radius 2 is 1.95 bits per heavy atom. The summed E-state index contributed by atoms with van der Waals surface area (Å²) in [6, 6.07) is 4.25. The van der Waals surface area contributed by atoms with Crippen LogP contribution in [0.4, 0.5) is 11.4 Å². The number of hydrogen-bond acceptors (Lipinski definition) is 4. The highest BCUT2D eigenvalue weighted by Crippen LogP contribution is 2.35. The van der Waals surface area contributed by atoms with Crippen LogP contribution in [0.3, 0.4) is 0 Å². The lowest BCUT2D eigenvalue weighted by Crippen LogP contribution is -2.38. The smallest absolute Gasteiger partial charge is 0.273 e. The Hall–Kier alpha value is -1.14. The molecule has 0 bridgehead atoms. The van der Waals surface area contributed by atoms with Crippen LogP contribution in [0.25, 0.3) is 0 Å². The molecule has 0 unspecified atom stereocenters. The average Bonchev–Trinajstić information content (AvgIpc) is 2.40. The zero-order chi connectivity index (χ0) is 14.9. The van der Waals surface area contributed by atoms with Gasteiger partial charge in [-0.05, 0) is 54.6 Å². The molecular weight excluding hydrogens is 322 g/mol. The van der Waals surface area contributed by atoms with E-state index in [4.69, 9.17) is 5.73 Å². The van der Waals surface area contributed by atoms with Crippen molar-refractivity contribution in [2.24, 2.45) is 5.73 Å². The van der Waals surface area contributed by atoms with E-state index in [1.165, 1.54) is 0 Å². The summed E-state index contributed by atoms with van der Waals surface area (Å²) in [5.74, 6) is 0. The minimum atomic E-state index is -0.344. The van der Waals surface area contributed by atoms with Gasteiger partial charge in [-0.25, -0.2) is 0 Å². The van der Waals surface area contributed by atoms with E-state index in [0.29, 0.717) is 17.6 Å². The van der Waals surface area contributed by atoms with Crippen LogP contribution >= 0.6 is 15.9 Å². The minimum Gasteiger partial charge on any atom is -0.371 e. The molecule has 1 aliphatic rings. The summed E-state index contributed by atoms with van der Waals surface area (Å²) in [5.41, 5.74) is 7.79. The topological polar surface area (TPSA) is 72.4 Å². The van der Waals surface area contributed by atoms with Crippen molar-refractivity contribution in [1.29, 1.82) is 0 Å². The van der Waals surface area contributed by atoms with Gasteiger partial charge in [0.15, 0.2) is 0 Å². The predicted molar refractivity (Wildman–Crippen MR) is 84.2 cm³/mol. The van der Waals surface area contributed by atoms with Crippen molar-refractivity contribution in [3.8, 4) is 0 Å². The second-order valence-electron chi connectivity index (χ2n) is 5.53. The summed E-state index contributed by atoms with van der Waals surface area (Å²) >= 11 is 3.46. The largest absolute Gasteiger partial charge is 0.371 e. The summed E-state index contributed by atoms with van der Waals surface area (Å²) in [7, 11) is 2.05. The Morgan fingerprint density at radius 1 is 1.35 bits per heavy atom. The molecule has 2 N–H and O–H groups in total. The third kappa shape index (κ3) is 3.12. The molecule has 0 saturated heterocycles. The molecule has 1 fully saturated rings. The van der Waals surface area contributed by atoms with Crippen molar-refractivity contribution in [2.75, 3.05) is 11.9 Å². The molecular formula is C14H20BrN3O2. The van der Waals surface area contributed by atoms with E-state index in [2.05, 4.69) is 20.8 Å². The summed E-state index contributed by atoms with van der Waals surface area (Å²) in [5, 5.41) is 11.0. The summed E-state index contributed by atoms with van der Waals surface area (Å²) in [4.78, 5) is 12.8. The number of nitrogens with two attached hydrogens (primary N) is 1. The van der Waals surface area contributed by atoms with Crippen molar-refractivity contribution >= 4 is 27.3 Å². The molecule has 0 atom stereocenters. The van der Waals surface area contributed by atoms with Crippen LogP contribution in [-0.2, 0) is 0 Å². The molecule has 0 spiro atoms. The number of benzene rings is 1. The quantitative estimate of drug-likeness (QED) is 0.675. The second-order valence-corrected chi connectivity index (χ2v) is 6.38. The fraction of sp³-hybridized carbons (Fsp3) is 0.571. The first-order valence-corrected chi connectivity index (χ1v) is 7.62. The maximum Gasteiger partial charge on any atom is 0.273 e. The van der Waals surface area contributed by atoms with Crippen LogP contribution in [0, 0.1) is 17.0 Å². The Kier molecular flexibility index (Phi) is 4.65. The molecule has 0 heterocycles. The third-order valence-electron chi connectivity index (χ3n) is 4.13. The van der Waals surface area contributed by atoms with E-state index in [0.717, 1.165) is 35.8 Å². The number of anilines is 1. The fourth-order valence-corrected chi connectivity index (χ4v) is 3.42. The highest BCUT2D eigenvalue weighted by atomic mass is 79.9. The molecule has 1 saturated carbocycles. The Balaban J connectivity index is 2.24. The number of nitro benzene ring substituents is 1. The highest BCUT2D eigenvalue weighted by molar-refractivity contribution is 9.10. The first-order chi connectivity index (χ1) is 9.40. The van der Waals surface area contributed by atoms with Crippen LogP contribution in [0.15, 0.2) is 16.6 Å². The fourth-order valence-electron chi connectivity index (χ4n) is 2.81. The molecule has 1 aromatic carbocycles. The maximum atomic E-state index is 11.0. The van der Waals surface area contributed by atoms with Gasteiger partial charge in [0.1, 0.15) is 0 Å². The molecule has 2 rings (SSSR count).